The van der Waals surface area contributed by atoms with Gasteiger partial charge in [-0.15, -0.1) is 0 Å². The van der Waals surface area contributed by atoms with Gasteiger partial charge in [0.1, 0.15) is 5.75 Å². The number of anilines is 1. The van der Waals surface area contributed by atoms with Gasteiger partial charge in [0.2, 0.25) is 0 Å². The summed E-state index contributed by atoms with van der Waals surface area (Å²) in [7, 11) is 1.58. The van der Waals surface area contributed by atoms with Crippen molar-refractivity contribution in [2.75, 3.05) is 51.8 Å². The quantitative estimate of drug-likeness (QED) is 0.452. The van der Waals surface area contributed by atoms with Gasteiger partial charge in [-0.25, -0.2) is 0 Å². The lowest BCUT2D eigenvalue weighted by Gasteiger charge is -2.26. The van der Waals surface area contributed by atoms with Crippen LogP contribution >= 0.6 is 11.6 Å². The van der Waals surface area contributed by atoms with E-state index < -0.39 is 0 Å². The molecule has 0 radical (unpaired) electrons. The number of nitrogens with zero attached hydrogens (tertiary/aromatic N) is 2. The Kier molecular flexibility index (Phi) is 7.45. The van der Waals surface area contributed by atoms with Gasteiger partial charge in [-0.05, 0) is 37.6 Å². The van der Waals surface area contributed by atoms with Gasteiger partial charge in [0.15, 0.2) is 5.96 Å². The molecular formula is C16H25ClN4O2. The Morgan fingerprint density at radius 3 is 2.87 bits per heavy atom. The SMILES string of the molecule is COc1ccc(NC(N)=NCCCCN2CCOCC2)cc1Cl. The minimum absolute atomic E-state index is 0.401. The number of aliphatic imine (C=N–C) groups is 1. The molecule has 3 N–H and O–H groups in total. The highest BCUT2D eigenvalue weighted by Gasteiger charge is 2.08. The number of hydrogen-bond acceptors (Lipinski definition) is 4. The molecule has 1 aromatic rings. The Morgan fingerprint density at radius 2 is 2.17 bits per heavy atom. The topological polar surface area (TPSA) is 72.1 Å². The molecule has 0 bridgehead atoms. The van der Waals surface area contributed by atoms with E-state index in [0.717, 1.165) is 51.4 Å². The van der Waals surface area contributed by atoms with E-state index in [9.17, 15) is 0 Å². The summed E-state index contributed by atoms with van der Waals surface area (Å²) in [5.41, 5.74) is 6.69. The fourth-order valence-electron chi connectivity index (χ4n) is 2.40. The minimum atomic E-state index is 0.401. The molecule has 0 saturated carbocycles. The van der Waals surface area contributed by atoms with Crippen molar-refractivity contribution in [1.82, 2.24) is 4.90 Å². The number of morpholine rings is 1. The summed E-state index contributed by atoms with van der Waals surface area (Å²) in [5.74, 6) is 1.04. The summed E-state index contributed by atoms with van der Waals surface area (Å²) in [6.07, 6.45) is 2.13. The second kappa shape index (κ2) is 9.60. The number of rotatable bonds is 7. The van der Waals surface area contributed by atoms with Crippen molar-refractivity contribution in [3.8, 4) is 5.75 Å². The van der Waals surface area contributed by atoms with Crippen LogP contribution in [-0.4, -0.2) is 57.4 Å². The van der Waals surface area contributed by atoms with Crippen LogP contribution in [0.25, 0.3) is 0 Å². The molecule has 1 saturated heterocycles. The van der Waals surface area contributed by atoms with Crippen LogP contribution in [0.15, 0.2) is 23.2 Å². The number of guanidine groups is 1. The standard InChI is InChI=1S/C16H25ClN4O2/c1-22-15-5-4-13(12-14(15)17)20-16(18)19-6-2-3-7-21-8-10-23-11-9-21/h4-5,12H,2-3,6-11H2,1H3,(H3,18,19,20). The molecule has 1 aliphatic heterocycles. The predicted octanol–water partition coefficient (Wildman–Crippen LogP) is 2.19. The summed E-state index contributed by atoms with van der Waals surface area (Å²) in [6, 6.07) is 5.41. The maximum Gasteiger partial charge on any atom is 0.193 e. The van der Waals surface area contributed by atoms with Crippen molar-refractivity contribution in [2.45, 2.75) is 12.8 Å². The van der Waals surface area contributed by atoms with Crippen LogP contribution < -0.4 is 15.8 Å². The lowest BCUT2D eigenvalue weighted by molar-refractivity contribution is 0.0373. The predicted molar refractivity (Wildman–Crippen MR) is 94.6 cm³/mol. The molecule has 23 heavy (non-hydrogen) atoms. The number of unbranched alkanes of at least 4 members (excludes halogenated alkanes) is 1. The molecule has 0 atom stereocenters. The van der Waals surface area contributed by atoms with Crippen molar-refractivity contribution >= 4 is 23.2 Å². The van der Waals surface area contributed by atoms with Gasteiger partial charge in [0.25, 0.3) is 0 Å². The van der Waals surface area contributed by atoms with E-state index in [-0.39, 0.29) is 0 Å². The Labute approximate surface area is 142 Å². The Hall–Kier alpha value is -1.50. The summed E-state index contributed by atoms with van der Waals surface area (Å²) in [4.78, 5) is 6.76. The van der Waals surface area contributed by atoms with E-state index in [1.807, 2.05) is 6.07 Å². The fourth-order valence-corrected chi connectivity index (χ4v) is 2.66. The van der Waals surface area contributed by atoms with Crippen LogP contribution in [0.3, 0.4) is 0 Å². The largest absolute Gasteiger partial charge is 0.495 e. The summed E-state index contributed by atoms with van der Waals surface area (Å²) in [6.45, 7) is 5.57. The normalized spacial score (nSPS) is 16.3. The van der Waals surface area contributed by atoms with Gasteiger partial charge in [0, 0.05) is 25.3 Å². The molecule has 1 aromatic carbocycles. The molecule has 6 nitrogen and oxygen atoms in total. The molecule has 2 rings (SSSR count). The third-order valence-electron chi connectivity index (χ3n) is 3.69. The molecule has 128 valence electrons. The van der Waals surface area contributed by atoms with E-state index in [2.05, 4.69) is 15.2 Å². The number of nitrogens with one attached hydrogen (secondary N) is 1. The number of benzene rings is 1. The molecule has 1 fully saturated rings. The Morgan fingerprint density at radius 1 is 1.39 bits per heavy atom. The number of ether oxygens (including phenoxy) is 2. The van der Waals surface area contributed by atoms with Crippen LogP contribution in [0.2, 0.25) is 5.02 Å². The average Bonchev–Trinajstić information content (AvgIpc) is 2.56. The molecule has 0 unspecified atom stereocenters. The highest BCUT2D eigenvalue weighted by molar-refractivity contribution is 6.32. The first-order valence-electron chi connectivity index (χ1n) is 7.89. The average molecular weight is 341 g/mol. The van der Waals surface area contributed by atoms with E-state index in [4.69, 9.17) is 26.8 Å². The third-order valence-corrected chi connectivity index (χ3v) is 3.99. The summed E-state index contributed by atoms with van der Waals surface area (Å²) >= 11 is 6.07. The molecule has 0 spiro atoms. The van der Waals surface area contributed by atoms with Gasteiger partial charge in [0.05, 0.1) is 25.3 Å². The molecule has 0 aromatic heterocycles. The van der Waals surface area contributed by atoms with Crippen LogP contribution in [0, 0.1) is 0 Å². The van der Waals surface area contributed by atoms with E-state index in [1.54, 1.807) is 19.2 Å². The molecule has 0 aliphatic carbocycles. The first-order valence-corrected chi connectivity index (χ1v) is 8.27. The van der Waals surface area contributed by atoms with Gasteiger partial charge < -0.3 is 20.5 Å². The maximum absolute atomic E-state index is 6.07. The van der Waals surface area contributed by atoms with E-state index in [1.165, 1.54) is 0 Å². The monoisotopic (exact) mass is 340 g/mol. The number of nitrogens with two attached hydrogens (primary N) is 1. The number of halogens is 1. The molecule has 7 heteroatoms. The van der Waals surface area contributed by atoms with Crippen molar-refractivity contribution in [3.05, 3.63) is 23.2 Å². The fraction of sp³-hybridized carbons (Fsp3) is 0.562. The first-order chi connectivity index (χ1) is 11.2. The minimum Gasteiger partial charge on any atom is -0.495 e. The van der Waals surface area contributed by atoms with Crippen LogP contribution in [0.4, 0.5) is 5.69 Å². The van der Waals surface area contributed by atoms with Crippen LogP contribution in [-0.2, 0) is 4.74 Å². The Bertz CT molecular complexity index is 519. The zero-order valence-electron chi connectivity index (χ0n) is 13.6. The second-order valence-corrected chi connectivity index (χ2v) is 5.81. The zero-order chi connectivity index (χ0) is 16.5. The molecule has 1 heterocycles. The number of hydrogen-bond donors (Lipinski definition) is 2. The van der Waals surface area contributed by atoms with Crippen molar-refractivity contribution in [1.29, 1.82) is 0 Å². The maximum atomic E-state index is 6.07. The smallest absolute Gasteiger partial charge is 0.193 e. The molecular weight excluding hydrogens is 316 g/mol. The van der Waals surface area contributed by atoms with E-state index >= 15 is 0 Å². The van der Waals surface area contributed by atoms with Crippen molar-refractivity contribution in [2.24, 2.45) is 10.7 Å². The summed E-state index contributed by atoms with van der Waals surface area (Å²) in [5, 5.41) is 3.57. The van der Waals surface area contributed by atoms with Gasteiger partial charge in [-0.3, -0.25) is 9.89 Å². The zero-order valence-corrected chi connectivity index (χ0v) is 14.3. The lowest BCUT2D eigenvalue weighted by atomic mass is 10.3. The van der Waals surface area contributed by atoms with Crippen LogP contribution in [0.5, 0.6) is 5.75 Å². The summed E-state index contributed by atoms with van der Waals surface area (Å²) < 4.78 is 10.4. The van der Waals surface area contributed by atoms with Crippen molar-refractivity contribution < 1.29 is 9.47 Å². The third kappa shape index (κ3) is 6.25. The molecule has 0 amide bonds. The number of methoxy groups -OCH3 is 1. The lowest BCUT2D eigenvalue weighted by Crippen LogP contribution is -2.36. The van der Waals surface area contributed by atoms with Gasteiger partial charge in [-0.2, -0.15) is 0 Å². The highest BCUT2D eigenvalue weighted by atomic mass is 35.5. The first kappa shape index (κ1) is 17.8. The van der Waals surface area contributed by atoms with Crippen molar-refractivity contribution in [3.63, 3.8) is 0 Å². The molecule has 1 aliphatic rings. The Balaban J connectivity index is 1.67. The van der Waals surface area contributed by atoms with Gasteiger partial charge in [-0.1, -0.05) is 11.6 Å². The van der Waals surface area contributed by atoms with Gasteiger partial charge >= 0.3 is 0 Å². The van der Waals surface area contributed by atoms with E-state index in [0.29, 0.717) is 23.3 Å². The highest BCUT2D eigenvalue weighted by Crippen LogP contribution is 2.26. The second-order valence-electron chi connectivity index (χ2n) is 5.40. The van der Waals surface area contributed by atoms with Crippen LogP contribution in [0.1, 0.15) is 12.8 Å².